The molecular formula is C14H18BrN3O2S. The van der Waals surface area contributed by atoms with Crippen molar-refractivity contribution in [3.05, 3.63) is 38.3 Å². The van der Waals surface area contributed by atoms with E-state index in [1.807, 2.05) is 43.4 Å². The number of carbonyl (C=O) groups is 1. The normalized spacial score (nSPS) is 11.1. The zero-order valence-corrected chi connectivity index (χ0v) is 14.7. The van der Waals surface area contributed by atoms with E-state index in [4.69, 9.17) is 4.52 Å². The maximum Gasteiger partial charge on any atom is 0.236 e. The zero-order valence-electron chi connectivity index (χ0n) is 12.3. The average molecular weight is 372 g/mol. The van der Waals surface area contributed by atoms with E-state index in [2.05, 4.69) is 21.1 Å². The molecular weight excluding hydrogens is 354 g/mol. The van der Waals surface area contributed by atoms with Crippen LogP contribution in [0.15, 0.2) is 26.5 Å². The van der Waals surface area contributed by atoms with Gasteiger partial charge in [0.1, 0.15) is 5.76 Å². The summed E-state index contributed by atoms with van der Waals surface area (Å²) in [6.07, 6.45) is 0. The van der Waals surface area contributed by atoms with E-state index in [0.717, 1.165) is 20.8 Å². The summed E-state index contributed by atoms with van der Waals surface area (Å²) >= 11 is 5.06. The Bertz CT molecular complexity index is 611. The van der Waals surface area contributed by atoms with Gasteiger partial charge >= 0.3 is 0 Å². The number of aromatic nitrogens is 1. The van der Waals surface area contributed by atoms with E-state index in [-0.39, 0.29) is 5.91 Å². The third-order valence-corrected chi connectivity index (χ3v) is 4.64. The van der Waals surface area contributed by atoms with Gasteiger partial charge in [-0.15, -0.1) is 11.3 Å². The lowest BCUT2D eigenvalue weighted by atomic mass is 10.3. The molecule has 0 saturated heterocycles. The van der Waals surface area contributed by atoms with Gasteiger partial charge in [0.15, 0.2) is 0 Å². The van der Waals surface area contributed by atoms with E-state index in [1.54, 1.807) is 16.2 Å². The fourth-order valence-corrected chi connectivity index (χ4v) is 3.44. The Labute approximate surface area is 136 Å². The highest BCUT2D eigenvalue weighted by atomic mass is 79.9. The molecule has 0 fully saturated rings. The molecule has 0 N–H and O–H groups in total. The molecule has 5 nitrogen and oxygen atoms in total. The minimum Gasteiger partial charge on any atom is -0.361 e. The van der Waals surface area contributed by atoms with Crippen LogP contribution in [-0.2, 0) is 17.9 Å². The van der Waals surface area contributed by atoms with Crippen LogP contribution in [0.2, 0.25) is 0 Å². The molecule has 0 saturated carbocycles. The fraction of sp³-hybridized carbons (Fsp3) is 0.429. The van der Waals surface area contributed by atoms with Gasteiger partial charge in [-0.2, -0.15) is 0 Å². The highest BCUT2D eigenvalue weighted by Crippen LogP contribution is 2.20. The van der Waals surface area contributed by atoms with E-state index >= 15 is 0 Å². The molecule has 2 heterocycles. The molecule has 1 amide bonds. The molecule has 0 radical (unpaired) electrons. The average Bonchev–Trinajstić information content (AvgIpc) is 2.98. The van der Waals surface area contributed by atoms with Gasteiger partial charge in [-0.1, -0.05) is 5.16 Å². The van der Waals surface area contributed by atoms with Gasteiger partial charge in [-0.05, 0) is 36.0 Å². The molecule has 0 spiro atoms. The second-order valence-corrected chi connectivity index (χ2v) is 6.99. The molecule has 7 heteroatoms. The third kappa shape index (κ3) is 4.94. The Morgan fingerprint density at radius 2 is 2.14 bits per heavy atom. The molecule has 114 valence electrons. The van der Waals surface area contributed by atoms with Crippen LogP contribution < -0.4 is 0 Å². The summed E-state index contributed by atoms with van der Waals surface area (Å²) in [6, 6.07) is 3.92. The van der Waals surface area contributed by atoms with Crippen LogP contribution in [0, 0.1) is 6.92 Å². The Morgan fingerprint density at radius 3 is 2.71 bits per heavy atom. The van der Waals surface area contributed by atoms with Crippen LogP contribution in [0.3, 0.4) is 0 Å². The molecule has 0 aliphatic heterocycles. The quantitative estimate of drug-likeness (QED) is 0.783. The maximum atomic E-state index is 12.2. The number of nitrogens with zero attached hydrogens (tertiary/aromatic N) is 3. The Hall–Kier alpha value is -1.18. The third-order valence-electron chi connectivity index (χ3n) is 2.95. The molecule has 2 aromatic heterocycles. The number of aryl methyl sites for hydroxylation is 1. The largest absolute Gasteiger partial charge is 0.361 e. The molecule has 0 bridgehead atoms. The standard InChI is InChI=1S/C14H18BrN3O2S/c1-10-4-12(16-20-10)6-17(2)8-14(19)18(3)7-13-5-11(15)9-21-13/h4-5,9H,6-8H2,1-3H3. The number of likely N-dealkylation sites (N-methyl/N-ethyl adjacent to an activating group) is 2. The molecule has 21 heavy (non-hydrogen) atoms. The summed E-state index contributed by atoms with van der Waals surface area (Å²) in [5.74, 6) is 0.868. The van der Waals surface area contributed by atoms with Crippen molar-refractivity contribution in [1.29, 1.82) is 0 Å². The van der Waals surface area contributed by atoms with Gasteiger partial charge in [0.05, 0.1) is 18.8 Å². The smallest absolute Gasteiger partial charge is 0.236 e. The summed E-state index contributed by atoms with van der Waals surface area (Å²) in [6.45, 7) is 3.44. The van der Waals surface area contributed by atoms with Crippen molar-refractivity contribution in [3.63, 3.8) is 0 Å². The molecule has 0 atom stereocenters. The van der Waals surface area contributed by atoms with Gasteiger partial charge in [0.25, 0.3) is 0 Å². The first-order chi connectivity index (χ1) is 9.94. The summed E-state index contributed by atoms with van der Waals surface area (Å²) < 4.78 is 6.08. The van der Waals surface area contributed by atoms with Gasteiger partial charge < -0.3 is 9.42 Å². The number of carbonyl (C=O) groups excluding carboxylic acids is 1. The number of hydrogen-bond donors (Lipinski definition) is 0. The Balaban J connectivity index is 1.82. The van der Waals surface area contributed by atoms with Crippen LogP contribution in [0.25, 0.3) is 0 Å². The van der Waals surface area contributed by atoms with Crippen LogP contribution in [0.1, 0.15) is 16.3 Å². The first-order valence-electron chi connectivity index (χ1n) is 6.51. The van der Waals surface area contributed by atoms with Crippen molar-refractivity contribution in [2.45, 2.75) is 20.0 Å². The van der Waals surface area contributed by atoms with Crippen molar-refractivity contribution in [3.8, 4) is 0 Å². The van der Waals surface area contributed by atoms with Gasteiger partial charge in [0, 0.05) is 34.4 Å². The summed E-state index contributed by atoms with van der Waals surface area (Å²) in [7, 11) is 3.72. The highest BCUT2D eigenvalue weighted by Gasteiger charge is 2.14. The monoisotopic (exact) mass is 371 g/mol. The number of thiophene rings is 1. The van der Waals surface area contributed by atoms with E-state index in [1.165, 1.54) is 0 Å². The highest BCUT2D eigenvalue weighted by molar-refractivity contribution is 9.10. The van der Waals surface area contributed by atoms with Crippen molar-refractivity contribution < 1.29 is 9.32 Å². The Kier molecular flexibility index (Phi) is 5.55. The molecule has 0 aliphatic rings. The molecule has 0 unspecified atom stereocenters. The first-order valence-corrected chi connectivity index (χ1v) is 8.19. The number of halogens is 1. The summed E-state index contributed by atoms with van der Waals surface area (Å²) in [4.78, 5) is 17.0. The predicted molar refractivity (Wildman–Crippen MR) is 86.1 cm³/mol. The maximum absolute atomic E-state index is 12.2. The topological polar surface area (TPSA) is 49.6 Å². The molecule has 2 rings (SSSR count). The lowest BCUT2D eigenvalue weighted by Gasteiger charge is -2.20. The summed E-state index contributed by atoms with van der Waals surface area (Å²) in [5, 5.41) is 5.95. The SMILES string of the molecule is Cc1cc(CN(C)CC(=O)N(C)Cc2cc(Br)cs2)no1. The van der Waals surface area contributed by atoms with Crippen molar-refractivity contribution in [2.75, 3.05) is 20.6 Å². The van der Waals surface area contributed by atoms with E-state index < -0.39 is 0 Å². The van der Waals surface area contributed by atoms with E-state index in [9.17, 15) is 4.79 Å². The molecule has 2 aromatic rings. The van der Waals surface area contributed by atoms with Crippen molar-refractivity contribution in [1.82, 2.24) is 15.0 Å². The van der Waals surface area contributed by atoms with Crippen LogP contribution >= 0.6 is 27.3 Å². The lowest BCUT2D eigenvalue weighted by molar-refractivity contribution is -0.131. The van der Waals surface area contributed by atoms with E-state index in [0.29, 0.717) is 19.6 Å². The Morgan fingerprint density at radius 1 is 1.38 bits per heavy atom. The van der Waals surface area contributed by atoms with Crippen LogP contribution in [-0.4, -0.2) is 41.5 Å². The minimum absolute atomic E-state index is 0.0854. The molecule has 0 aliphatic carbocycles. The first kappa shape index (κ1) is 16.2. The number of hydrogen-bond acceptors (Lipinski definition) is 5. The van der Waals surface area contributed by atoms with Gasteiger partial charge in [-0.3, -0.25) is 9.69 Å². The predicted octanol–water partition coefficient (Wildman–Crippen LogP) is 2.90. The summed E-state index contributed by atoms with van der Waals surface area (Å²) in [5.41, 5.74) is 0.840. The van der Waals surface area contributed by atoms with Crippen LogP contribution in [0.5, 0.6) is 0 Å². The van der Waals surface area contributed by atoms with Crippen molar-refractivity contribution >= 4 is 33.2 Å². The van der Waals surface area contributed by atoms with Gasteiger partial charge in [-0.25, -0.2) is 0 Å². The fourth-order valence-electron chi connectivity index (χ4n) is 1.94. The number of amides is 1. The minimum atomic E-state index is 0.0854. The zero-order chi connectivity index (χ0) is 15.4. The van der Waals surface area contributed by atoms with Crippen molar-refractivity contribution in [2.24, 2.45) is 0 Å². The molecule has 0 aromatic carbocycles. The second kappa shape index (κ2) is 7.20. The van der Waals surface area contributed by atoms with Crippen LogP contribution in [0.4, 0.5) is 0 Å². The second-order valence-electron chi connectivity index (χ2n) is 5.08. The van der Waals surface area contributed by atoms with Gasteiger partial charge in [0.2, 0.25) is 5.91 Å². The number of rotatable bonds is 6. The lowest BCUT2D eigenvalue weighted by Crippen LogP contribution is -2.35.